The molecule has 1 amide bonds. The quantitative estimate of drug-likeness (QED) is 0.520. The zero-order chi connectivity index (χ0) is 24.0. The molecule has 1 aromatic rings. The fourth-order valence-electron chi connectivity index (χ4n) is 5.18. The summed E-state index contributed by atoms with van der Waals surface area (Å²) in [5, 5.41) is 13.0. The summed E-state index contributed by atoms with van der Waals surface area (Å²) in [5.74, 6) is -1.09. The molecule has 7 heteroatoms. The third kappa shape index (κ3) is 6.56. The van der Waals surface area contributed by atoms with E-state index in [1.54, 1.807) is 11.8 Å². The summed E-state index contributed by atoms with van der Waals surface area (Å²) in [6, 6.07) is 8.29. The first-order valence-electron chi connectivity index (χ1n) is 12.3. The van der Waals surface area contributed by atoms with Crippen LogP contribution in [-0.4, -0.2) is 59.1 Å². The van der Waals surface area contributed by atoms with Crippen molar-refractivity contribution in [1.29, 1.82) is 0 Å². The van der Waals surface area contributed by atoms with E-state index in [0.29, 0.717) is 31.9 Å². The predicted octanol–water partition coefficient (Wildman–Crippen LogP) is 3.58. The van der Waals surface area contributed by atoms with Crippen LogP contribution in [0.2, 0.25) is 0 Å². The van der Waals surface area contributed by atoms with Crippen LogP contribution in [0.4, 0.5) is 0 Å². The predicted molar refractivity (Wildman–Crippen MR) is 126 cm³/mol. The number of hydrogen-bond donors (Lipinski definition) is 2. The topological polar surface area (TPSA) is 95.9 Å². The largest absolute Gasteiger partial charge is 0.480 e. The molecule has 33 heavy (non-hydrogen) atoms. The molecule has 7 nitrogen and oxygen atoms in total. The maximum atomic E-state index is 13.3. The minimum Gasteiger partial charge on any atom is -0.480 e. The highest BCUT2D eigenvalue weighted by Crippen LogP contribution is 2.38. The van der Waals surface area contributed by atoms with E-state index in [9.17, 15) is 19.5 Å². The van der Waals surface area contributed by atoms with Crippen LogP contribution in [0.1, 0.15) is 70.8 Å². The lowest BCUT2D eigenvalue weighted by Gasteiger charge is -2.47. The minimum atomic E-state index is -0.913. The van der Waals surface area contributed by atoms with Gasteiger partial charge in [0.1, 0.15) is 6.04 Å². The molecule has 182 valence electrons. The molecule has 1 aliphatic heterocycles. The van der Waals surface area contributed by atoms with Crippen LogP contribution in [0.3, 0.4) is 0 Å². The molecule has 2 bridgehead atoms. The average Bonchev–Trinajstić information content (AvgIpc) is 2.80. The molecule has 0 spiro atoms. The molecule has 1 saturated carbocycles. The summed E-state index contributed by atoms with van der Waals surface area (Å²) in [4.78, 5) is 39.6. The van der Waals surface area contributed by atoms with Crippen LogP contribution in [0, 0.1) is 11.8 Å². The highest BCUT2D eigenvalue weighted by atomic mass is 16.5. The number of carbonyl (C=O) groups excluding carboxylic acids is 2. The number of likely N-dealkylation sites (tertiary alicyclic amines) is 1. The molecular weight excluding hydrogens is 420 g/mol. The second kappa shape index (κ2) is 11.6. The lowest BCUT2D eigenvalue weighted by atomic mass is 9.76. The molecule has 1 saturated heterocycles. The minimum absolute atomic E-state index is 0.0124. The van der Waals surface area contributed by atoms with E-state index in [4.69, 9.17) is 4.74 Å². The number of amides is 1. The molecule has 0 aromatic heterocycles. The Labute approximate surface area is 196 Å². The number of piperidine rings is 1. The summed E-state index contributed by atoms with van der Waals surface area (Å²) < 4.78 is 5.50. The molecule has 1 unspecified atom stereocenters. The standard InChI is InChI=1S/C26H38N2O5/c1-17(2)16-33-26(32)22(20-9-5-4-6-10-20)12-13-27-18(3)24(29)28-21-11-7-8-19(14-21)15-23(28)25(30)31/h4-6,9-10,17-19,21-23,27H,7-8,11-16H2,1-3H3,(H,30,31)/t18-,19-,21-,22?,23-/m0/s1. The fraction of sp³-hybridized carbons (Fsp3) is 0.654. The van der Waals surface area contributed by atoms with Gasteiger partial charge in [0, 0.05) is 6.04 Å². The van der Waals surface area contributed by atoms with Gasteiger partial charge in [0.15, 0.2) is 0 Å². The molecule has 2 fully saturated rings. The molecule has 1 heterocycles. The summed E-state index contributed by atoms with van der Waals surface area (Å²) >= 11 is 0. The summed E-state index contributed by atoms with van der Waals surface area (Å²) in [6.07, 6.45) is 4.92. The lowest BCUT2D eigenvalue weighted by molar-refractivity contribution is -0.159. The Kier molecular flexibility index (Phi) is 8.89. The highest BCUT2D eigenvalue weighted by Gasteiger charge is 2.44. The number of esters is 1. The smallest absolute Gasteiger partial charge is 0.326 e. The number of ether oxygens (including phenoxy) is 1. The first-order chi connectivity index (χ1) is 15.8. The molecule has 0 radical (unpaired) electrons. The zero-order valence-electron chi connectivity index (χ0n) is 20.0. The summed E-state index contributed by atoms with van der Waals surface area (Å²) in [6.45, 7) is 6.60. The van der Waals surface area contributed by atoms with Gasteiger partial charge >= 0.3 is 11.9 Å². The zero-order valence-corrected chi connectivity index (χ0v) is 20.0. The van der Waals surface area contributed by atoms with Crippen molar-refractivity contribution in [3.63, 3.8) is 0 Å². The van der Waals surface area contributed by atoms with Gasteiger partial charge in [-0.1, -0.05) is 57.0 Å². The van der Waals surface area contributed by atoms with Gasteiger partial charge in [-0.05, 0) is 56.6 Å². The number of rotatable bonds is 10. The number of nitrogens with zero attached hydrogens (tertiary/aromatic N) is 1. The molecule has 1 aliphatic carbocycles. The van der Waals surface area contributed by atoms with E-state index in [1.165, 1.54) is 0 Å². The van der Waals surface area contributed by atoms with Crippen molar-refractivity contribution < 1.29 is 24.2 Å². The molecular formula is C26H38N2O5. The van der Waals surface area contributed by atoms with Crippen LogP contribution >= 0.6 is 0 Å². The van der Waals surface area contributed by atoms with E-state index < -0.39 is 24.0 Å². The maximum absolute atomic E-state index is 13.3. The Hall–Kier alpha value is -2.41. The van der Waals surface area contributed by atoms with E-state index >= 15 is 0 Å². The van der Waals surface area contributed by atoms with Gasteiger partial charge in [0.2, 0.25) is 5.91 Å². The first kappa shape index (κ1) is 25.2. The van der Waals surface area contributed by atoms with Crippen LogP contribution in [-0.2, 0) is 19.1 Å². The van der Waals surface area contributed by atoms with Gasteiger partial charge < -0.3 is 20.1 Å². The molecule has 1 aromatic carbocycles. The first-order valence-corrected chi connectivity index (χ1v) is 12.3. The number of aliphatic carboxylic acids is 1. The van der Waals surface area contributed by atoms with Crippen LogP contribution in [0.15, 0.2) is 30.3 Å². The van der Waals surface area contributed by atoms with Gasteiger partial charge in [-0.2, -0.15) is 0 Å². The van der Waals surface area contributed by atoms with Crippen molar-refractivity contribution in [3.05, 3.63) is 35.9 Å². The lowest BCUT2D eigenvalue weighted by Crippen LogP contribution is -2.60. The fourth-order valence-corrected chi connectivity index (χ4v) is 5.18. The summed E-state index contributed by atoms with van der Waals surface area (Å²) in [7, 11) is 0. The average molecular weight is 459 g/mol. The number of carboxylic acid groups (broad SMARTS) is 1. The van der Waals surface area contributed by atoms with Gasteiger partial charge in [0.05, 0.1) is 18.6 Å². The van der Waals surface area contributed by atoms with Crippen LogP contribution < -0.4 is 5.32 Å². The van der Waals surface area contributed by atoms with Crippen molar-refractivity contribution in [1.82, 2.24) is 10.2 Å². The van der Waals surface area contributed by atoms with Crippen molar-refractivity contribution in [2.45, 2.75) is 83.3 Å². The van der Waals surface area contributed by atoms with E-state index in [2.05, 4.69) is 5.32 Å². The van der Waals surface area contributed by atoms with Gasteiger partial charge in [-0.25, -0.2) is 4.79 Å². The number of nitrogens with one attached hydrogen (secondary N) is 1. The Morgan fingerprint density at radius 1 is 1.12 bits per heavy atom. The normalized spacial score (nSPS) is 24.2. The molecule has 2 N–H and O–H groups in total. The van der Waals surface area contributed by atoms with Gasteiger partial charge in [-0.15, -0.1) is 0 Å². The van der Waals surface area contributed by atoms with Crippen molar-refractivity contribution in [3.8, 4) is 0 Å². The van der Waals surface area contributed by atoms with E-state index in [-0.39, 0.29) is 23.8 Å². The van der Waals surface area contributed by atoms with Crippen molar-refractivity contribution in [2.75, 3.05) is 13.2 Å². The Morgan fingerprint density at radius 3 is 2.52 bits per heavy atom. The molecule has 5 atom stereocenters. The summed E-state index contributed by atoms with van der Waals surface area (Å²) in [5.41, 5.74) is 0.891. The second-order valence-electron chi connectivity index (χ2n) is 9.97. The SMILES string of the molecule is CC(C)COC(=O)C(CCN[C@@H](C)C(=O)N1[C@H]2CCC[C@@H](C2)C[C@H]1C(=O)O)c1ccccc1. The van der Waals surface area contributed by atoms with Gasteiger partial charge in [0.25, 0.3) is 0 Å². The van der Waals surface area contributed by atoms with Crippen molar-refractivity contribution in [2.24, 2.45) is 11.8 Å². The number of carboxylic acids is 1. The second-order valence-corrected chi connectivity index (χ2v) is 9.97. The van der Waals surface area contributed by atoms with E-state index in [1.807, 2.05) is 44.2 Å². The monoisotopic (exact) mass is 458 g/mol. The molecule has 2 aliphatic rings. The highest BCUT2D eigenvalue weighted by molar-refractivity contribution is 5.87. The number of carbonyl (C=O) groups is 3. The third-order valence-corrected chi connectivity index (χ3v) is 6.88. The number of benzene rings is 1. The third-order valence-electron chi connectivity index (χ3n) is 6.88. The van der Waals surface area contributed by atoms with Crippen LogP contribution in [0.25, 0.3) is 0 Å². The number of hydrogen-bond acceptors (Lipinski definition) is 5. The van der Waals surface area contributed by atoms with E-state index in [0.717, 1.165) is 31.2 Å². The Bertz CT molecular complexity index is 812. The number of fused-ring (bicyclic) bond motifs is 2. The van der Waals surface area contributed by atoms with Crippen LogP contribution in [0.5, 0.6) is 0 Å². The molecule has 3 rings (SSSR count). The Morgan fingerprint density at radius 2 is 1.85 bits per heavy atom. The van der Waals surface area contributed by atoms with Crippen molar-refractivity contribution >= 4 is 17.8 Å². The Balaban J connectivity index is 1.61. The van der Waals surface area contributed by atoms with Gasteiger partial charge in [-0.3, -0.25) is 9.59 Å². The maximum Gasteiger partial charge on any atom is 0.326 e.